The number of fused-ring (bicyclic) bond motifs is 1. The summed E-state index contributed by atoms with van der Waals surface area (Å²) in [5.74, 6) is -0.187. The van der Waals surface area contributed by atoms with E-state index < -0.39 is 0 Å². The van der Waals surface area contributed by atoms with E-state index in [-0.39, 0.29) is 11.7 Å². The molecule has 0 saturated carbocycles. The molecule has 9 heteroatoms. The van der Waals surface area contributed by atoms with Crippen LogP contribution < -0.4 is 4.90 Å². The third-order valence-corrected chi connectivity index (χ3v) is 7.45. The van der Waals surface area contributed by atoms with Crippen molar-refractivity contribution >= 4 is 44.3 Å². The van der Waals surface area contributed by atoms with Crippen LogP contribution in [0.25, 0.3) is 16.0 Å². The van der Waals surface area contributed by atoms with Gasteiger partial charge in [0, 0.05) is 31.2 Å². The van der Waals surface area contributed by atoms with Crippen molar-refractivity contribution in [3.63, 3.8) is 0 Å². The van der Waals surface area contributed by atoms with Gasteiger partial charge in [0.05, 0.1) is 22.5 Å². The van der Waals surface area contributed by atoms with Gasteiger partial charge in [0.15, 0.2) is 10.8 Å². The fraction of sp³-hybridized carbons (Fsp3) is 0.292. The monoisotopic (exact) mass is 483 g/mol. The molecule has 170 valence electrons. The quantitative estimate of drug-likeness (QED) is 0.416. The van der Waals surface area contributed by atoms with Gasteiger partial charge in [-0.05, 0) is 49.2 Å². The Balaban J connectivity index is 1.32. The highest BCUT2D eigenvalue weighted by molar-refractivity contribution is 7.22. The van der Waals surface area contributed by atoms with Crippen molar-refractivity contribution in [2.24, 2.45) is 0 Å². The van der Waals surface area contributed by atoms with Crippen LogP contribution in [0.5, 0.6) is 0 Å². The summed E-state index contributed by atoms with van der Waals surface area (Å²) in [6.45, 7) is 4.86. The Hall–Kier alpha value is -2.97. The number of halogens is 2. The Labute approximate surface area is 200 Å². The Bertz CT molecular complexity index is 1300. The molecule has 1 aliphatic heterocycles. The fourth-order valence-corrected chi connectivity index (χ4v) is 5.34. The molecule has 1 aliphatic rings. The van der Waals surface area contributed by atoms with Crippen molar-refractivity contribution in [2.75, 3.05) is 31.1 Å². The highest BCUT2D eigenvalue weighted by atomic mass is 35.5. The highest BCUT2D eigenvalue weighted by Crippen LogP contribution is 2.33. The fourth-order valence-electron chi connectivity index (χ4n) is 4.10. The van der Waals surface area contributed by atoms with Crippen LogP contribution in [-0.4, -0.2) is 51.8 Å². The average Bonchev–Trinajstić information content (AvgIpc) is 3.26. The van der Waals surface area contributed by atoms with Crippen molar-refractivity contribution in [2.45, 2.75) is 19.8 Å². The van der Waals surface area contributed by atoms with E-state index in [0.29, 0.717) is 31.1 Å². The first-order valence-corrected chi connectivity index (χ1v) is 12.1. The van der Waals surface area contributed by atoms with Gasteiger partial charge in [-0.15, -0.1) is 0 Å². The van der Waals surface area contributed by atoms with E-state index in [2.05, 4.69) is 10.00 Å². The first-order chi connectivity index (χ1) is 16.0. The molecule has 0 spiro atoms. The Kier molecular flexibility index (Phi) is 6.03. The lowest BCUT2D eigenvalue weighted by atomic mass is 10.1. The van der Waals surface area contributed by atoms with Crippen LogP contribution in [0.2, 0.25) is 5.02 Å². The summed E-state index contributed by atoms with van der Waals surface area (Å²) in [7, 11) is 0. The lowest BCUT2D eigenvalue weighted by molar-refractivity contribution is -0.130. The first kappa shape index (κ1) is 21.9. The highest BCUT2D eigenvalue weighted by Gasteiger charge is 2.23. The van der Waals surface area contributed by atoms with E-state index in [1.807, 2.05) is 36.1 Å². The number of carbonyl (C=O) groups excluding carboxylic acids is 1. The number of amides is 1. The first-order valence-electron chi connectivity index (χ1n) is 10.9. The van der Waals surface area contributed by atoms with Crippen LogP contribution in [0.15, 0.2) is 48.5 Å². The number of rotatable bonds is 4. The number of anilines is 1. The van der Waals surface area contributed by atoms with E-state index in [1.165, 1.54) is 12.1 Å². The molecule has 1 saturated heterocycles. The summed E-state index contributed by atoms with van der Waals surface area (Å²) in [6, 6.07) is 13.7. The number of hydrogen-bond donors (Lipinski definition) is 0. The van der Waals surface area contributed by atoms with Crippen molar-refractivity contribution in [3.05, 3.63) is 70.6 Å². The third-order valence-electron chi connectivity index (χ3n) is 5.87. The number of carbonyl (C=O) groups is 1. The minimum absolute atomic E-state index is 0.0945. The van der Waals surface area contributed by atoms with Gasteiger partial charge in [0.25, 0.3) is 0 Å². The van der Waals surface area contributed by atoms with E-state index in [4.69, 9.17) is 16.6 Å². The van der Waals surface area contributed by atoms with E-state index in [1.54, 1.807) is 28.2 Å². The SMILES string of the molecule is Cc1nn(-c2ccc(F)cc2)c2nc(N3CCCN(C(=O)Cc4ccccc4Cl)CC3)sc12. The largest absolute Gasteiger partial charge is 0.346 e. The molecular formula is C24H23ClFN5OS. The minimum atomic E-state index is -0.281. The number of nitrogens with zero attached hydrogens (tertiary/aromatic N) is 5. The van der Waals surface area contributed by atoms with E-state index >= 15 is 0 Å². The van der Waals surface area contributed by atoms with Gasteiger partial charge >= 0.3 is 0 Å². The van der Waals surface area contributed by atoms with Crippen molar-refractivity contribution < 1.29 is 9.18 Å². The molecule has 2 aromatic heterocycles. The smallest absolute Gasteiger partial charge is 0.227 e. The van der Waals surface area contributed by atoms with Crippen LogP contribution in [0.3, 0.4) is 0 Å². The van der Waals surface area contributed by atoms with Crippen LogP contribution in [0, 0.1) is 12.7 Å². The molecule has 33 heavy (non-hydrogen) atoms. The maximum atomic E-state index is 13.4. The van der Waals surface area contributed by atoms with Gasteiger partial charge in [0.1, 0.15) is 5.82 Å². The average molecular weight is 484 g/mol. The molecule has 1 fully saturated rings. The summed E-state index contributed by atoms with van der Waals surface area (Å²) in [5, 5.41) is 6.14. The maximum absolute atomic E-state index is 13.4. The molecular weight excluding hydrogens is 461 g/mol. The molecule has 1 amide bonds. The number of benzene rings is 2. The second kappa shape index (κ2) is 9.11. The molecule has 4 aromatic rings. The predicted octanol–water partition coefficient (Wildman–Crippen LogP) is 4.86. The normalized spacial score (nSPS) is 14.6. The van der Waals surface area contributed by atoms with Gasteiger partial charge in [-0.25, -0.2) is 9.07 Å². The summed E-state index contributed by atoms with van der Waals surface area (Å²) >= 11 is 7.85. The summed E-state index contributed by atoms with van der Waals surface area (Å²) < 4.78 is 16.1. The zero-order chi connectivity index (χ0) is 22.9. The van der Waals surface area contributed by atoms with Crippen LogP contribution in [-0.2, 0) is 11.2 Å². The maximum Gasteiger partial charge on any atom is 0.227 e. The van der Waals surface area contributed by atoms with Gasteiger partial charge in [-0.1, -0.05) is 41.1 Å². The molecule has 0 aliphatic carbocycles. The second-order valence-corrected chi connectivity index (χ2v) is 9.50. The number of hydrogen-bond acceptors (Lipinski definition) is 5. The molecule has 0 N–H and O–H groups in total. The molecule has 6 nitrogen and oxygen atoms in total. The van der Waals surface area contributed by atoms with Crippen molar-refractivity contribution in [1.82, 2.24) is 19.7 Å². The van der Waals surface area contributed by atoms with Gasteiger partial charge in [-0.3, -0.25) is 4.79 Å². The Morgan fingerprint density at radius 3 is 2.67 bits per heavy atom. The zero-order valence-electron chi connectivity index (χ0n) is 18.2. The zero-order valence-corrected chi connectivity index (χ0v) is 19.7. The third kappa shape index (κ3) is 4.45. The number of aromatic nitrogens is 3. The van der Waals surface area contributed by atoms with Crippen molar-refractivity contribution in [1.29, 1.82) is 0 Å². The summed E-state index contributed by atoms with van der Waals surface area (Å²) in [5.41, 5.74) is 3.30. The topological polar surface area (TPSA) is 54.3 Å². The van der Waals surface area contributed by atoms with Gasteiger partial charge in [0.2, 0.25) is 5.91 Å². The van der Waals surface area contributed by atoms with Gasteiger partial charge < -0.3 is 9.80 Å². The van der Waals surface area contributed by atoms with Gasteiger partial charge in [-0.2, -0.15) is 10.1 Å². The molecule has 0 atom stereocenters. The van der Waals surface area contributed by atoms with Crippen LogP contribution >= 0.6 is 22.9 Å². The molecule has 0 bridgehead atoms. The van der Waals surface area contributed by atoms with Crippen LogP contribution in [0.1, 0.15) is 17.7 Å². The lowest BCUT2D eigenvalue weighted by Crippen LogP contribution is -2.36. The molecule has 3 heterocycles. The molecule has 5 rings (SSSR count). The lowest BCUT2D eigenvalue weighted by Gasteiger charge is -2.22. The van der Waals surface area contributed by atoms with Crippen molar-refractivity contribution in [3.8, 4) is 5.69 Å². The predicted molar refractivity (Wildman–Crippen MR) is 130 cm³/mol. The number of thiazole rings is 1. The minimum Gasteiger partial charge on any atom is -0.346 e. The number of aryl methyl sites for hydroxylation is 1. The summed E-state index contributed by atoms with van der Waals surface area (Å²) in [4.78, 5) is 21.9. The summed E-state index contributed by atoms with van der Waals surface area (Å²) in [6.07, 6.45) is 1.18. The standard InChI is InChI=1S/C24H23ClFN5OS/c1-16-22-23(31(28-16)19-9-7-18(26)8-10-19)27-24(33-22)30-12-4-11-29(13-14-30)21(32)15-17-5-2-3-6-20(17)25/h2-3,5-10H,4,11-15H2,1H3. The second-order valence-electron chi connectivity index (χ2n) is 8.11. The Morgan fingerprint density at radius 1 is 1.09 bits per heavy atom. The van der Waals surface area contributed by atoms with E-state index in [9.17, 15) is 9.18 Å². The van der Waals surface area contributed by atoms with E-state index in [0.717, 1.165) is 45.4 Å². The Morgan fingerprint density at radius 2 is 1.88 bits per heavy atom. The molecule has 2 aromatic carbocycles. The molecule has 0 unspecified atom stereocenters. The molecule has 0 radical (unpaired) electrons. The van der Waals surface area contributed by atoms with Crippen LogP contribution in [0.4, 0.5) is 9.52 Å².